The van der Waals surface area contributed by atoms with Gasteiger partial charge in [0.25, 0.3) is 0 Å². The fourth-order valence-corrected chi connectivity index (χ4v) is 3.59. The second-order valence-corrected chi connectivity index (χ2v) is 7.55. The quantitative estimate of drug-likeness (QED) is 0.533. The van der Waals surface area contributed by atoms with Gasteiger partial charge in [-0.25, -0.2) is 4.98 Å². The number of hydrogen-bond donors (Lipinski definition) is 3. The average Bonchev–Trinajstić information content (AvgIpc) is 3.16. The molecule has 0 saturated heterocycles. The Kier molecular flexibility index (Phi) is 5.15. The van der Waals surface area contributed by atoms with Crippen molar-refractivity contribution in [3.8, 4) is 11.5 Å². The number of fused-ring (bicyclic) bond motifs is 2. The smallest absolute Gasteiger partial charge is 0.421 e. The van der Waals surface area contributed by atoms with Crippen LogP contribution in [0.25, 0.3) is 0 Å². The number of carbonyl (C=O) groups is 1. The maximum Gasteiger partial charge on any atom is 0.421 e. The molecule has 0 aliphatic carbocycles. The summed E-state index contributed by atoms with van der Waals surface area (Å²) in [6.45, 7) is 0.226. The maximum atomic E-state index is 13.5. The number of hydrogen-bond acceptors (Lipinski definition) is 7. The van der Waals surface area contributed by atoms with E-state index in [9.17, 15) is 18.0 Å². The molecule has 2 aliphatic heterocycles. The number of benzene rings is 2. The lowest BCUT2D eigenvalue weighted by Gasteiger charge is -2.27. The second kappa shape index (κ2) is 8.15. The van der Waals surface area contributed by atoms with Crippen molar-refractivity contribution in [1.82, 2.24) is 9.97 Å². The number of amides is 1. The van der Waals surface area contributed by atoms with Crippen LogP contribution in [0.15, 0.2) is 48.7 Å². The van der Waals surface area contributed by atoms with Crippen molar-refractivity contribution in [2.75, 3.05) is 29.1 Å². The van der Waals surface area contributed by atoms with Crippen molar-refractivity contribution in [1.29, 1.82) is 0 Å². The minimum absolute atomic E-state index is 0.0195. The zero-order chi connectivity index (χ0) is 23.0. The molecule has 8 nitrogen and oxygen atoms in total. The van der Waals surface area contributed by atoms with Gasteiger partial charge in [-0.05, 0) is 35.9 Å². The van der Waals surface area contributed by atoms with Crippen LogP contribution in [-0.2, 0) is 17.4 Å². The number of anilines is 4. The number of alkyl halides is 3. The number of ether oxygens (including phenoxy) is 2. The van der Waals surface area contributed by atoms with Crippen molar-refractivity contribution < 1.29 is 27.4 Å². The topological polar surface area (TPSA) is 97.4 Å². The first-order valence-corrected chi connectivity index (χ1v) is 10.1. The molecule has 0 radical (unpaired) electrons. The van der Waals surface area contributed by atoms with Gasteiger partial charge >= 0.3 is 6.18 Å². The van der Waals surface area contributed by atoms with Crippen molar-refractivity contribution in [3.05, 3.63) is 59.8 Å². The highest BCUT2D eigenvalue weighted by Crippen LogP contribution is 2.35. The lowest BCUT2D eigenvalue weighted by molar-refractivity contribution is -0.137. The summed E-state index contributed by atoms with van der Waals surface area (Å²) in [6, 6.07) is 12.2. The van der Waals surface area contributed by atoms with Crippen LogP contribution in [-0.4, -0.2) is 35.1 Å². The third-order valence-electron chi connectivity index (χ3n) is 5.15. The van der Waals surface area contributed by atoms with Crippen LogP contribution >= 0.6 is 0 Å². The van der Waals surface area contributed by atoms with Gasteiger partial charge in [0.1, 0.15) is 24.1 Å². The van der Waals surface area contributed by atoms with Gasteiger partial charge in [0.2, 0.25) is 11.9 Å². The second-order valence-electron chi connectivity index (χ2n) is 7.55. The third-order valence-corrected chi connectivity index (χ3v) is 5.15. The van der Waals surface area contributed by atoms with Gasteiger partial charge in [0, 0.05) is 17.6 Å². The molecule has 3 N–H and O–H groups in total. The number of para-hydroxylation sites is 2. The highest BCUT2D eigenvalue weighted by Gasteiger charge is 2.35. The predicted octanol–water partition coefficient (Wildman–Crippen LogP) is 3.99. The first-order valence-electron chi connectivity index (χ1n) is 10.1. The molecule has 1 unspecified atom stereocenters. The lowest BCUT2D eigenvalue weighted by Crippen LogP contribution is -2.35. The Morgan fingerprint density at radius 3 is 2.79 bits per heavy atom. The van der Waals surface area contributed by atoms with E-state index in [1.165, 1.54) is 0 Å². The third kappa shape index (κ3) is 4.47. The van der Waals surface area contributed by atoms with Gasteiger partial charge in [0.15, 0.2) is 11.5 Å². The summed E-state index contributed by atoms with van der Waals surface area (Å²) in [5, 5.41) is 8.34. The molecular weight excluding hydrogens is 439 g/mol. The fourth-order valence-electron chi connectivity index (χ4n) is 3.59. The van der Waals surface area contributed by atoms with Crippen LogP contribution in [0.4, 0.5) is 36.3 Å². The van der Waals surface area contributed by atoms with Crippen LogP contribution in [0, 0.1) is 0 Å². The highest BCUT2D eigenvalue weighted by molar-refractivity contribution is 5.99. The molecule has 0 fully saturated rings. The molecular formula is C22H18F3N5O3. The van der Waals surface area contributed by atoms with Gasteiger partial charge < -0.3 is 25.4 Å². The number of aromatic nitrogens is 2. The zero-order valence-corrected chi connectivity index (χ0v) is 17.1. The minimum Gasteiger partial charge on any atom is -0.486 e. The average molecular weight is 457 g/mol. The summed E-state index contributed by atoms with van der Waals surface area (Å²) < 4.78 is 52.0. The van der Waals surface area contributed by atoms with E-state index in [-0.39, 0.29) is 37.2 Å². The van der Waals surface area contributed by atoms with E-state index in [1.54, 1.807) is 42.5 Å². The molecule has 33 heavy (non-hydrogen) atoms. The molecule has 1 atom stereocenters. The van der Waals surface area contributed by atoms with E-state index < -0.39 is 17.8 Å². The molecule has 3 aromatic rings. The van der Waals surface area contributed by atoms with Crippen molar-refractivity contribution in [2.24, 2.45) is 0 Å². The number of nitrogens with one attached hydrogen (secondary N) is 3. The molecule has 170 valence electrons. The number of rotatable bonds is 5. The summed E-state index contributed by atoms with van der Waals surface area (Å²) in [5.41, 5.74) is 1.05. The molecule has 2 aliphatic rings. The number of halogens is 3. The summed E-state index contributed by atoms with van der Waals surface area (Å²) in [6.07, 6.45) is -4.19. The Morgan fingerprint density at radius 2 is 1.97 bits per heavy atom. The summed E-state index contributed by atoms with van der Waals surface area (Å²) in [7, 11) is 0. The Morgan fingerprint density at radius 1 is 1.15 bits per heavy atom. The van der Waals surface area contributed by atoms with Gasteiger partial charge in [-0.2, -0.15) is 18.2 Å². The molecule has 1 amide bonds. The van der Waals surface area contributed by atoms with E-state index in [0.717, 1.165) is 11.8 Å². The molecule has 0 saturated carbocycles. The van der Waals surface area contributed by atoms with Crippen LogP contribution in [0.5, 0.6) is 11.5 Å². The normalized spacial score (nSPS) is 16.7. The molecule has 2 aromatic carbocycles. The van der Waals surface area contributed by atoms with E-state index in [4.69, 9.17) is 9.47 Å². The molecule has 5 rings (SSSR count). The SMILES string of the molecule is O=C1Cc2cc(Nc3ncc(C(F)(F)F)c(NCC4COc5ccccc5O4)n3)ccc2N1. The van der Waals surface area contributed by atoms with Gasteiger partial charge in [0.05, 0.1) is 13.0 Å². The Bertz CT molecular complexity index is 1220. The molecule has 0 spiro atoms. The molecule has 3 heterocycles. The molecule has 1 aromatic heterocycles. The highest BCUT2D eigenvalue weighted by atomic mass is 19.4. The largest absolute Gasteiger partial charge is 0.486 e. The van der Waals surface area contributed by atoms with E-state index in [1.807, 2.05) is 0 Å². The summed E-state index contributed by atoms with van der Waals surface area (Å²) >= 11 is 0. The number of nitrogens with zero attached hydrogens (tertiary/aromatic N) is 2. The standard InChI is InChI=1S/C22H18F3N5O3/c23-22(24,25)15-10-27-21(28-13-5-6-16-12(7-13)8-19(31)29-16)30-20(15)26-9-14-11-32-17-3-1-2-4-18(17)33-14/h1-7,10,14H,8-9,11H2,(H,29,31)(H2,26,27,28,30). The van der Waals surface area contributed by atoms with E-state index in [2.05, 4.69) is 25.9 Å². The molecule has 11 heteroatoms. The summed E-state index contributed by atoms with van der Waals surface area (Å²) in [5.74, 6) is 0.607. The first-order chi connectivity index (χ1) is 15.8. The van der Waals surface area contributed by atoms with Crippen LogP contribution in [0.3, 0.4) is 0 Å². The minimum atomic E-state index is -4.64. The maximum absolute atomic E-state index is 13.5. The predicted molar refractivity (Wildman–Crippen MR) is 114 cm³/mol. The first kappa shape index (κ1) is 20.9. The van der Waals surface area contributed by atoms with Crippen molar-refractivity contribution in [3.63, 3.8) is 0 Å². The molecule has 0 bridgehead atoms. The Hall–Kier alpha value is -4.02. The summed E-state index contributed by atoms with van der Waals surface area (Å²) in [4.78, 5) is 19.4. The monoisotopic (exact) mass is 457 g/mol. The number of carbonyl (C=O) groups excluding carboxylic acids is 1. The van der Waals surface area contributed by atoms with Gasteiger partial charge in [-0.1, -0.05) is 12.1 Å². The Labute approximate surface area is 186 Å². The lowest BCUT2D eigenvalue weighted by atomic mass is 10.1. The van der Waals surface area contributed by atoms with Gasteiger partial charge in [-0.15, -0.1) is 0 Å². The Balaban J connectivity index is 1.33. The van der Waals surface area contributed by atoms with Crippen LogP contribution in [0.2, 0.25) is 0 Å². The van der Waals surface area contributed by atoms with Crippen molar-refractivity contribution in [2.45, 2.75) is 18.7 Å². The van der Waals surface area contributed by atoms with Crippen molar-refractivity contribution >= 4 is 29.0 Å². The van der Waals surface area contributed by atoms with E-state index in [0.29, 0.717) is 22.9 Å². The zero-order valence-electron chi connectivity index (χ0n) is 17.1. The van der Waals surface area contributed by atoms with E-state index >= 15 is 0 Å². The van der Waals surface area contributed by atoms with Crippen LogP contribution in [0.1, 0.15) is 11.1 Å². The van der Waals surface area contributed by atoms with Gasteiger partial charge in [-0.3, -0.25) is 4.79 Å². The van der Waals surface area contributed by atoms with Crippen LogP contribution < -0.4 is 25.4 Å². The fraction of sp³-hybridized carbons (Fsp3) is 0.227.